The van der Waals surface area contributed by atoms with Gasteiger partial charge in [0, 0.05) is 27.1 Å². The van der Waals surface area contributed by atoms with E-state index in [9.17, 15) is 8.78 Å². The van der Waals surface area contributed by atoms with Crippen molar-refractivity contribution in [1.82, 2.24) is 0 Å². The first-order valence-electron chi connectivity index (χ1n) is 4.66. The van der Waals surface area contributed by atoms with Gasteiger partial charge in [0.15, 0.2) is 6.29 Å². The van der Waals surface area contributed by atoms with Gasteiger partial charge in [-0.15, -0.1) is 0 Å². The van der Waals surface area contributed by atoms with Crippen LogP contribution in [0.2, 0.25) is 0 Å². The molecule has 1 fully saturated rings. The molecule has 0 bridgehead atoms. The van der Waals surface area contributed by atoms with E-state index < -0.39 is 17.8 Å². The summed E-state index contributed by atoms with van der Waals surface area (Å²) in [6, 6.07) is 0. The molecule has 14 heavy (non-hydrogen) atoms. The van der Waals surface area contributed by atoms with E-state index >= 15 is 0 Å². The number of alkyl halides is 2. The fourth-order valence-electron chi connectivity index (χ4n) is 1.88. The molecule has 3 nitrogen and oxygen atoms in total. The molecule has 0 aromatic heterocycles. The van der Waals surface area contributed by atoms with Crippen molar-refractivity contribution in [2.45, 2.75) is 43.4 Å². The molecule has 0 atom stereocenters. The highest BCUT2D eigenvalue weighted by molar-refractivity contribution is 4.95. The molecule has 1 aliphatic carbocycles. The van der Waals surface area contributed by atoms with Crippen molar-refractivity contribution in [2.75, 3.05) is 14.2 Å². The van der Waals surface area contributed by atoms with Gasteiger partial charge >= 0.3 is 0 Å². The van der Waals surface area contributed by atoms with E-state index in [4.69, 9.17) is 15.2 Å². The average Bonchev–Trinajstić information content (AvgIpc) is 2.13. The summed E-state index contributed by atoms with van der Waals surface area (Å²) >= 11 is 0. The summed E-state index contributed by atoms with van der Waals surface area (Å²) in [6.07, 6.45) is -0.517. The Hall–Kier alpha value is -0.260. The molecule has 0 spiro atoms. The second-order valence-corrected chi connectivity index (χ2v) is 3.89. The predicted octanol–water partition coefficient (Wildman–Crippen LogP) is 1.51. The van der Waals surface area contributed by atoms with Crippen LogP contribution in [0.4, 0.5) is 8.78 Å². The molecule has 1 aliphatic rings. The van der Waals surface area contributed by atoms with Gasteiger partial charge in [-0.25, -0.2) is 8.78 Å². The van der Waals surface area contributed by atoms with Crippen molar-refractivity contribution >= 4 is 0 Å². The van der Waals surface area contributed by atoms with Crippen LogP contribution in [0.15, 0.2) is 0 Å². The first-order chi connectivity index (χ1) is 6.43. The second-order valence-electron chi connectivity index (χ2n) is 3.89. The maximum absolute atomic E-state index is 12.9. The predicted molar refractivity (Wildman–Crippen MR) is 48.1 cm³/mol. The fraction of sp³-hybridized carbons (Fsp3) is 1.00. The van der Waals surface area contributed by atoms with Crippen LogP contribution < -0.4 is 5.73 Å². The van der Waals surface area contributed by atoms with E-state index in [2.05, 4.69) is 0 Å². The lowest BCUT2D eigenvalue weighted by Crippen LogP contribution is -2.56. The molecule has 84 valence electrons. The molecule has 0 aliphatic heterocycles. The number of hydrogen-bond acceptors (Lipinski definition) is 3. The Morgan fingerprint density at radius 3 is 1.86 bits per heavy atom. The van der Waals surface area contributed by atoms with Gasteiger partial charge in [-0.1, -0.05) is 0 Å². The Morgan fingerprint density at radius 2 is 1.50 bits per heavy atom. The van der Waals surface area contributed by atoms with Crippen LogP contribution in [-0.4, -0.2) is 32.0 Å². The highest BCUT2D eigenvalue weighted by Crippen LogP contribution is 2.39. The lowest BCUT2D eigenvalue weighted by molar-refractivity contribution is -0.170. The van der Waals surface area contributed by atoms with Crippen LogP contribution in [0.3, 0.4) is 0 Å². The van der Waals surface area contributed by atoms with Crippen molar-refractivity contribution in [3.8, 4) is 0 Å². The van der Waals surface area contributed by atoms with Crippen molar-refractivity contribution in [3.05, 3.63) is 0 Å². The van der Waals surface area contributed by atoms with Gasteiger partial charge in [0.1, 0.15) is 0 Å². The third kappa shape index (κ3) is 2.40. The van der Waals surface area contributed by atoms with Crippen molar-refractivity contribution < 1.29 is 18.3 Å². The van der Waals surface area contributed by atoms with Gasteiger partial charge in [-0.3, -0.25) is 0 Å². The Balaban J connectivity index is 2.60. The standard InChI is InChI=1S/C9H17F2NO2/c1-13-7(14-2)8(12)3-5-9(10,11)6-4-8/h7H,3-6,12H2,1-2H3. The molecule has 0 aromatic rings. The number of nitrogens with two attached hydrogens (primary N) is 1. The van der Waals surface area contributed by atoms with E-state index in [1.165, 1.54) is 14.2 Å². The Kier molecular flexibility index (Phi) is 3.44. The van der Waals surface area contributed by atoms with Gasteiger partial charge in [-0.2, -0.15) is 0 Å². The molecule has 1 rings (SSSR count). The molecule has 0 aromatic carbocycles. The smallest absolute Gasteiger partial charge is 0.248 e. The van der Waals surface area contributed by atoms with Crippen LogP contribution in [0.5, 0.6) is 0 Å². The first kappa shape index (κ1) is 11.8. The fourth-order valence-corrected chi connectivity index (χ4v) is 1.88. The molecule has 0 radical (unpaired) electrons. The van der Waals surface area contributed by atoms with Crippen LogP contribution in [-0.2, 0) is 9.47 Å². The van der Waals surface area contributed by atoms with Gasteiger partial charge in [0.25, 0.3) is 0 Å². The number of halogens is 2. The zero-order chi connectivity index (χ0) is 10.8. The van der Waals surface area contributed by atoms with E-state index in [-0.39, 0.29) is 25.7 Å². The summed E-state index contributed by atoms with van der Waals surface area (Å²) in [6.45, 7) is 0. The minimum Gasteiger partial charge on any atom is -0.354 e. The zero-order valence-corrected chi connectivity index (χ0v) is 8.56. The molecular weight excluding hydrogens is 192 g/mol. The Bertz CT molecular complexity index is 185. The lowest BCUT2D eigenvalue weighted by Gasteiger charge is -2.40. The van der Waals surface area contributed by atoms with E-state index in [1.807, 2.05) is 0 Å². The quantitative estimate of drug-likeness (QED) is 0.716. The number of rotatable bonds is 3. The number of ether oxygens (including phenoxy) is 2. The third-order valence-corrected chi connectivity index (χ3v) is 2.81. The van der Waals surface area contributed by atoms with Crippen molar-refractivity contribution in [1.29, 1.82) is 0 Å². The third-order valence-electron chi connectivity index (χ3n) is 2.81. The van der Waals surface area contributed by atoms with E-state index in [1.54, 1.807) is 0 Å². The maximum Gasteiger partial charge on any atom is 0.248 e. The molecule has 0 unspecified atom stereocenters. The highest BCUT2D eigenvalue weighted by atomic mass is 19.3. The Morgan fingerprint density at radius 1 is 1.07 bits per heavy atom. The Labute approximate surface area is 82.6 Å². The summed E-state index contributed by atoms with van der Waals surface area (Å²) < 4.78 is 35.8. The molecule has 5 heteroatoms. The van der Waals surface area contributed by atoms with Gasteiger partial charge in [0.2, 0.25) is 5.92 Å². The summed E-state index contributed by atoms with van der Waals surface area (Å²) in [7, 11) is 2.94. The minimum atomic E-state index is -2.57. The summed E-state index contributed by atoms with van der Waals surface area (Å²) in [4.78, 5) is 0. The number of hydrogen-bond donors (Lipinski definition) is 1. The van der Waals surface area contributed by atoms with Crippen molar-refractivity contribution in [3.63, 3.8) is 0 Å². The largest absolute Gasteiger partial charge is 0.354 e. The van der Waals surface area contributed by atoms with E-state index in [0.717, 1.165) is 0 Å². The molecule has 0 saturated heterocycles. The van der Waals surface area contributed by atoms with Gasteiger partial charge in [-0.05, 0) is 12.8 Å². The normalized spacial score (nSPS) is 25.3. The molecule has 2 N–H and O–H groups in total. The average molecular weight is 209 g/mol. The second kappa shape index (κ2) is 4.08. The summed E-state index contributed by atoms with van der Waals surface area (Å²) in [5, 5.41) is 0. The SMILES string of the molecule is COC(OC)C1(N)CCC(F)(F)CC1. The monoisotopic (exact) mass is 209 g/mol. The van der Waals surface area contributed by atoms with Crippen LogP contribution in [0, 0.1) is 0 Å². The molecule has 0 amide bonds. The minimum absolute atomic E-state index is 0.188. The van der Waals surface area contributed by atoms with Gasteiger partial charge < -0.3 is 15.2 Å². The topological polar surface area (TPSA) is 44.5 Å². The molecular formula is C9H17F2NO2. The van der Waals surface area contributed by atoms with E-state index in [0.29, 0.717) is 0 Å². The molecule has 0 heterocycles. The highest BCUT2D eigenvalue weighted by Gasteiger charge is 2.45. The summed E-state index contributed by atoms with van der Waals surface area (Å²) in [5.74, 6) is -2.57. The molecule has 1 saturated carbocycles. The lowest BCUT2D eigenvalue weighted by atomic mass is 9.80. The van der Waals surface area contributed by atoms with Crippen LogP contribution in [0.25, 0.3) is 0 Å². The first-order valence-corrected chi connectivity index (χ1v) is 4.66. The van der Waals surface area contributed by atoms with Gasteiger partial charge in [0.05, 0.1) is 5.54 Å². The van der Waals surface area contributed by atoms with Crippen molar-refractivity contribution in [2.24, 2.45) is 5.73 Å². The summed E-state index contributed by atoms with van der Waals surface area (Å²) in [5.41, 5.74) is 5.19. The zero-order valence-electron chi connectivity index (χ0n) is 8.56. The van der Waals surface area contributed by atoms with Crippen LogP contribution in [0.1, 0.15) is 25.7 Å². The number of methoxy groups -OCH3 is 2. The van der Waals surface area contributed by atoms with Crippen LogP contribution >= 0.6 is 0 Å². The maximum atomic E-state index is 12.9.